The van der Waals surface area contributed by atoms with Gasteiger partial charge < -0.3 is 5.32 Å². The van der Waals surface area contributed by atoms with Gasteiger partial charge in [0.05, 0.1) is 5.69 Å². The van der Waals surface area contributed by atoms with Gasteiger partial charge in [-0.25, -0.2) is 4.98 Å². The molecule has 3 saturated carbocycles. The first kappa shape index (κ1) is 17.9. The number of carbonyl (C=O) groups excluding carboxylic acids is 1. The highest BCUT2D eigenvalue weighted by atomic mass is 32.1. The normalized spacial score (nSPS) is 43.5. The number of thiazole rings is 1. The van der Waals surface area contributed by atoms with E-state index in [-0.39, 0.29) is 5.41 Å². The van der Waals surface area contributed by atoms with Gasteiger partial charge in [0.25, 0.3) is 0 Å². The first-order valence-electron chi connectivity index (χ1n) is 10.8. The smallest absolute Gasteiger partial charge is 0.182 e. The summed E-state index contributed by atoms with van der Waals surface area (Å²) in [4.78, 5) is 16.9. The number of anilines is 1. The number of hydrogen-bond acceptors (Lipinski definition) is 4. The highest BCUT2D eigenvalue weighted by Gasteiger charge is 2.59. The van der Waals surface area contributed by atoms with Gasteiger partial charge in [-0.2, -0.15) is 0 Å². The summed E-state index contributed by atoms with van der Waals surface area (Å²) in [6.07, 6.45) is 11.7. The molecule has 4 aliphatic carbocycles. The van der Waals surface area contributed by atoms with Gasteiger partial charge in [-0.3, -0.25) is 4.79 Å². The maximum atomic E-state index is 12.0. The Morgan fingerprint density at radius 3 is 2.74 bits per heavy atom. The molecule has 5 rings (SSSR count). The topological polar surface area (TPSA) is 42.0 Å². The number of aromatic nitrogens is 1. The molecule has 3 fully saturated rings. The molecule has 4 heteroatoms. The van der Waals surface area contributed by atoms with Crippen molar-refractivity contribution in [3.63, 3.8) is 0 Å². The van der Waals surface area contributed by atoms with Crippen LogP contribution in [-0.4, -0.2) is 17.8 Å². The molecule has 146 valence electrons. The first-order chi connectivity index (χ1) is 13.0. The van der Waals surface area contributed by atoms with E-state index in [0.29, 0.717) is 17.1 Å². The predicted octanol–water partition coefficient (Wildman–Crippen LogP) is 5.80. The second-order valence-electron chi connectivity index (χ2n) is 9.97. The standard InChI is InChI=1S/C23H32N2OS/c1-22-10-8-15(26)12-14(22)4-5-16-17-6-7-19(20-13-27-21(24-3)25-20)23(17,2)11-9-18(16)22/h12-13,16-19H,4-11H2,1-3H3,(H,24,25)/t16-,17-,18-,19+,22-,23-/m0/s1. The van der Waals surface area contributed by atoms with Gasteiger partial charge in [0.2, 0.25) is 0 Å². The lowest BCUT2D eigenvalue weighted by molar-refractivity contribution is -0.117. The summed E-state index contributed by atoms with van der Waals surface area (Å²) in [7, 11) is 1.97. The van der Waals surface area contributed by atoms with Gasteiger partial charge in [-0.1, -0.05) is 19.4 Å². The number of ketones is 1. The molecule has 0 unspecified atom stereocenters. The van der Waals surface area contributed by atoms with E-state index in [1.54, 1.807) is 11.3 Å². The molecule has 3 nitrogen and oxygen atoms in total. The molecule has 0 bridgehead atoms. The van der Waals surface area contributed by atoms with Gasteiger partial charge in [-0.05, 0) is 79.6 Å². The average Bonchev–Trinajstić information content (AvgIpc) is 3.25. The van der Waals surface area contributed by atoms with Crippen LogP contribution in [0.2, 0.25) is 0 Å². The van der Waals surface area contributed by atoms with Crippen molar-refractivity contribution in [1.82, 2.24) is 4.98 Å². The second-order valence-corrected chi connectivity index (χ2v) is 10.8. The Balaban J connectivity index is 1.45. The summed E-state index contributed by atoms with van der Waals surface area (Å²) in [6, 6.07) is 0. The van der Waals surface area contributed by atoms with Crippen LogP contribution in [0.25, 0.3) is 0 Å². The Bertz CT molecular complexity index is 798. The first-order valence-corrected chi connectivity index (χ1v) is 11.7. The minimum Gasteiger partial charge on any atom is -0.365 e. The summed E-state index contributed by atoms with van der Waals surface area (Å²) < 4.78 is 0. The number of nitrogens with zero attached hydrogens (tertiary/aromatic N) is 1. The lowest BCUT2D eigenvalue weighted by Crippen LogP contribution is -2.50. The summed E-state index contributed by atoms with van der Waals surface area (Å²) >= 11 is 1.75. The fourth-order valence-electron chi connectivity index (χ4n) is 7.61. The van der Waals surface area contributed by atoms with E-state index in [1.165, 1.54) is 43.4 Å². The van der Waals surface area contributed by atoms with Crippen LogP contribution in [0.15, 0.2) is 17.0 Å². The molecule has 0 aliphatic heterocycles. The molecule has 1 aromatic rings. The molecule has 1 aromatic heterocycles. The number of allylic oxidation sites excluding steroid dienone is 1. The van der Waals surface area contributed by atoms with E-state index in [4.69, 9.17) is 4.98 Å². The van der Waals surface area contributed by atoms with Crippen LogP contribution in [0.1, 0.15) is 76.8 Å². The van der Waals surface area contributed by atoms with Gasteiger partial charge in [0.1, 0.15) is 0 Å². The van der Waals surface area contributed by atoms with Crippen molar-refractivity contribution in [3.05, 3.63) is 22.7 Å². The van der Waals surface area contributed by atoms with Crippen LogP contribution in [-0.2, 0) is 4.79 Å². The molecular weight excluding hydrogens is 352 g/mol. The molecular formula is C23H32N2OS. The van der Waals surface area contributed by atoms with Crippen molar-refractivity contribution in [3.8, 4) is 0 Å². The van der Waals surface area contributed by atoms with Crippen LogP contribution >= 0.6 is 11.3 Å². The Kier molecular flexibility index (Phi) is 4.09. The molecule has 0 aromatic carbocycles. The van der Waals surface area contributed by atoms with E-state index < -0.39 is 0 Å². The van der Waals surface area contributed by atoms with Gasteiger partial charge in [0.15, 0.2) is 10.9 Å². The predicted molar refractivity (Wildman–Crippen MR) is 111 cm³/mol. The highest BCUT2D eigenvalue weighted by Crippen LogP contribution is 2.68. The molecule has 27 heavy (non-hydrogen) atoms. The zero-order chi connectivity index (χ0) is 18.8. The number of rotatable bonds is 2. The van der Waals surface area contributed by atoms with Crippen molar-refractivity contribution in [1.29, 1.82) is 0 Å². The Hall–Kier alpha value is -1.16. The van der Waals surface area contributed by atoms with E-state index in [2.05, 4.69) is 24.5 Å². The molecule has 0 saturated heterocycles. The van der Waals surface area contributed by atoms with Gasteiger partial charge in [-0.15, -0.1) is 11.3 Å². The van der Waals surface area contributed by atoms with E-state index in [0.717, 1.165) is 42.1 Å². The van der Waals surface area contributed by atoms with Crippen LogP contribution < -0.4 is 5.32 Å². The number of nitrogens with one attached hydrogen (secondary N) is 1. The summed E-state index contributed by atoms with van der Waals surface area (Å²) in [6.45, 7) is 5.05. The van der Waals surface area contributed by atoms with Crippen molar-refractivity contribution < 1.29 is 4.79 Å². The number of carbonyl (C=O) groups is 1. The lowest BCUT2D eigenvalue weighted by Gasteiger charge is -2.58. The fourth-order valence-corrected chi connectivity index (χ4v) is 8.33. The maximum absolute atomic E-state index is 12.0. The molecule has 0 radical (unpaired) electrons. The fraction of sp³-hybridized carbons (Fsp3) is 0.739. The largest absolute Gasteiger partial charge is 0.365 e. The van der Waals surface area contributed by atoms with Crippen LogP contribution in [0.5, 0.6) is 0 Å². The van der Waals surface area contributed by atoms with Crippen molar-refractivity contribution in [2.24, 2.45) is 28.6 Å². The molecule has 1 N–H and O–H groups in total. The molecule has 4 aliphatic rings. The third kappa shape index (κ3) is 2.51. The minimum absolute atomic E-state index is 0.288. The molecule has 6 atom stereocenters. The van der Waals surface area contributed by atoms with E-state index in [1.807, 2.05) is 13.1 Å². The van der Waals surface area contributed by atoms with Gasteiger partial charge in [0, 0.05) is 24.8 Å². The zero-order valence-electron chi connectivity index (χ0n) is 16.9. The third-order valence-electron chi connectivity index (χ3n) is 9.05. The summed E-state index contributed by atoms with van der Waals surface area (Å²) in [5.74, 6) is 3.44. The van der Waals surface area contributed by atoms with Crippen LogP contribution in [0.3, 0.4) is 0 Å². The van der Waals surface area contributed by atoms with Crippen LogP contribution in [0, 0.1) is 28.6 Å². The maximum Gasteiger partial charge on any atom is 0.182 e. The number of hydrogen-bond donors (Lipinski definition) is 1. The molecule has 1 heterocycles. The Labute approximate surface area is 167 Å². The summed E-state index contributed by atoms with van der Waals surface area (Å²) in [5.41, 5.74) is 3.51. The molecule has 0 amide bonds. The SMILES string of the molecule is CNc1nc([C@H]2CC[C@H]3[C@@H]4CCC5=CC(=O)CC[C@]5(C)[C@H]4CC[C@]23C)cs1. The Morgan fingerprint density at radius 1 is 1.11 bits per heavy atom. The monoisotopic (exact) mass is 384 g/mol. The van der Waals surface area contributed by atoms with Gasteiger partial charge >= 0.3 is 0 Å². The summed E-state index contributed by atoms with van der Waals surface area (Å²) in [5, 5.41) is 6.56. The zero-order valence-corrected chi connectivity index (χ0v) is 17.7. The lowest BCUT2D eigenvalue weighted by atomic mass is 9.47. The van der Waals surface area contributed by atoms with E-state index in [9.17, 15) is 4.79 Å². The Morgan fingerprint density at radius 2 is 1.96 bits per heavy atom. The van der Waals surface area contributed by atoms with Crippen molar-refractivity contribution in [2.45, 2.75) is 71.1 Å². The van der Waals surface area contributed by atoms with Crippen LogP contribution in [0.4, 0.5) is 5.13 Å². The van der Waals surface area contributed by atoms with Crippen molar-refractivity contribution in [2.75, 3.05) is 12.4 Å². The number of fused-ring (bicyclic) bond motifs is 5. The highest BCUT2D eigenvalue weighted by molar-refractivity contribution is 7.13. The minimum atomic E-state index is 0.288. The van der Waals surface area contributed by atoms with Crippen molar-refractivity contribution >= 4 is 22.3 Å². The third-order valence-corrected chi connectivity index (χ3v) is 9.93. The van der Waals surface area contributed by atoms with E-state index >= 15 is 0 Å². The second kappa shape index (κ2) is 6.17. The quantitative estimate of drug-likeness (QED) is 0.700. The average molecular weight is 385 g/mol. The molecule has 0 spiro atoms.